The van der Waals surface area contributed by atoms with E-state index >= 15 is 0 Å². The van der Waals surface area contributed by atoms with Crippen LogP contribution in [0, 0.1) is 0 Å². The molecule has 3 rings (SSSR count). The van der Waals surface area contributed by atoms with Crippen molar-refractivity contribution in [2.75, 3.05) is 5.32 Å². The second-order valence-corrected chi connectivity index (χ2v) is 5.55. The van der Waals surface area contributed by atoms with Crippen LogP contribution in [0.1, 0.15) is 51.8 Å². The zero-order chi connectivity index (χ0) is 10.6. The normalized spacial score (nSPS) is 31.9. The molecule has 0 aromatic carbocycles. The topological polar surface area (TPSA) is 29.9 Å². The summed E-state index contributed by atoms with van der Waals surface area (Å²) in [5.74, 6) is 1.07. The molecule has 2 unspecified atom stereocenters. The van der Waals surface area contributed by atoms with Crippen molar-refractivity contribution in [3.05, 3.63) is 11.9 Å². The molecule has 1 fully saturated rings. The lowest BCUT2D eigenvalue weighted by Crippen LogP contribution is -2.28. The van der Waals surface area contributed by atoms with Gasteiger partial charge in [0.2, 0.25) is 5.95 Å². The molecule has 0 radical (unpaired) electrons. The number of nitrogens with one attached hydrogen (secondary N) is 1. The molecular weight excluding hydrogens is 186 g/mol. The van der Waals surface area contributed by atoms with Gasteiger partial charge in [-0.3, -0.25) is 0 Å². The van der Waals surface area contributed by atoms with E-state index in [1.165, 1.54) is 25.0 Å². The maximum absolute atomic E-state index is 4.74. The third-order valence-corrected chi connectivity index (χ3v) is 3.90. The van der Waals surface area contributed by atoms with E-state index in [0.717, 1.165) is 5.95 Å². The molecule has 3 heteroatoms. The van der Waals surface area contributed by atoms with Crippen LogP contribution in [0.25, 0.3) is 0 Å². The van der Waals surface area contributed by atoms with Crippen molar-refractivity contribution in [2.24, 2.45) is 0 Å². The molecular formula is C12H19N3. The predicted molar refractivity (Wildman–Crippen MR) is 61.2 cm³/mol. The van der Waals surface area contributed by atoms with Crippen LogP contribution in [-0.2, 0) is 5.41 Å². The molecule has 0 spiro atoms. The molecule has 1 saturated carbocycles. The Bertz CT molecular complexity index is 390. The van der Waals surface area contributed by atoms with E-state index in [2.05, 4.69) is 36.9 Å². The molecule has 1 aliphatic carbocycles. The van der Waals surface area contributed by atoms with Gasteiger partial charge < -0.3 is 9.88 Å². The first-order chi connectivity index (χ1) is 7.08. The lowest BCUT2D eigenvalue weighted by atomic mass is 10.1. The van der Waals surface area contributed by atoms with E-state index in [1.807, 2.05) is 0 Å². The van der Waals surface area contributed by atoms with Gasteiger partial charge in [-0.1, -0.05) is 6.92 Å². The fourth-order valence-corrected chi connectivity index (χ4v) is 2.48. The second-order valence-electron chi connectivity index (χ2n) is 5.55. The van der Waals surface area contributed by atoms with E-state index < -0.39 is 0 Å². The minimum absolute atomic E-state index is 0.384. The Hall–Kier alpha value is -0.990. The van der Waals surface area contributed by atoms with Crippen molar-refractivity contribution in [1.29, 1.82) is 0 Å². The standard InChI is InChI=1S/C12H19N3/c1-8-6-9(2)15-7-10(12(3)4-5-12)14-11(15)13-8/h7-9H,4-6H2,1-3H3,(H,13,14). The van der Waals surface area contributed by atoms with E-state index in [4.69, 9.17) is 4.98 Å². The van der Waals surface area contributed by atoms with Gasteiger partial charge in [-0.05, 0) is 33.1 Å². The summed E-state index contributed by atoms with van der Waals surface area (Å²) >= 11 is 0. The zero-order valence-corrected chi connectivity index (χ0v) is 9.75. The SMILES string of the molecule is CC1CC(C)n2cc(C3(C)CC3)nc2N1. The highest BCUT2D eigenvalue weighted by atomic mass is 15.3. The van der Waals surface area contributed by atoms with Crippen molar-refractivity contribution in [3.8, 4) is 0 Å². The smallest absolute Gasteiger partial charge is 0.203 e. The van der Waals surface area contributed by atoms with Gasteiger partial charge in [0.15, 0.2) is 0 Å². The molecule has 2 heterocycles. The molecule has 0 saturated heterocycles. The van der Waals surface area contributed by atoms with Crippen LogP contribution in [-0.4, -0.2) is 15.6 Å². The Balaban J connectivity index is 1.99. The van der Waals surface area contributed by atoms with Crippen LogP contribution in [0.15, 0.2) is 6.20 Å². The highest BCUT2D eigenvalue weighted by Gasteiger charge is 2.42. The molecule has 15 heavy (non-hydrogen) atoms. The first-order valence-electron chi connectivity index (χ1n) is 5.94. The van der Waals surface area contributed by atoms with Crippen LogP contribution in [0.3, 0.4) is 0 Å². The number of aromatic nitrogens is 2. The number of hydrogen-bond acceptors (Lipinski definition) is 2. The predicted octanol–water partition coefficient (Wildman–Crippen LogP) is 2.70. The maximum Gasteiger partial charge on any atom is 0.203 e. The second kappa shape index (κ2) is 2.77. The van der Waals surface area contributed by atoms with Gasteiger partial charge >= 0.3 is 0 Å². The van der Waals surface area contributed by atoms with E-state index in [9.17, 15) is 0 Å². The first-order valence-corrected chi connectivity index (χ1v) is 5.94. The molecule has 82 valence electrons. The van der Waals surface area contributed by atoms with Gasteiger partial charge in [-0.15, -0.1) is 0 Å². The van der Waals surface area contributed by atoms with Gasteiger partial charge in [0.25, 0.3) is 0 Å². The van der Waals surface area contributed by atoms with Crippen molar-refractivity contribution in [1.82, 2.24) is 9.55 Å². The molecule has 1 aromatic heterocycles. The average molecular weight is 205 g/mol. The molecule has 2 atom stereocenters. The highest BCUT2D eigenvalue weighted by Crippen LogP contribution is 2.47. The molecule has 1 N–H and O–H groups in total. The number of anilines is 1. The number of nitrogens with zero attached hydrogens (tertiary/aromatic N) is 2. The van der Waals surface area contributed by atoms with E-state index in [1.54, 1.807) is 0 Å². The maximum atomic E-state index is 4.74. The summed E-state index contributed by atoms with van der Waals surface area (Å²) in [7, 11) is 0. The number of imidazole rings is 1. The lowest BCUT2D eigenvalue weighted by molar-refractivity contribution is 0.449. The minimum Gasteiger partial charge on any atom is -0.353 e. The van der Waals surface area contributed by atoms with Gasteiger partial charge in [-0.2, -0.15) is 0 Å². The van der Waals surface area contributed by atoms with E-state index in [0.29, 0.717) is 17.5 Å². The van der Waals surface area contributed by atoms with Crippen LogP contribution < -0.4 is 5.32 Å². The molecule has 1 aliphatic heterocycles. The summed E-state index contributed by atoms with van der Waals surface area (Å²) in [6.07, 6.45) is 6.05. The van der Waals surface area contributed by atoms with Crippen LogP contribution in [0.4, 0.5) is 5.95 Å². The Morgan fingerprint density at radius 1 is 1.47 bits per heavy atom. The molecule has 0 bridgehead atoms. The lowest BCUT2D eigenvalue weighted by Gasteiger charge is -2.27. The average Bonchev–Trinajstić information content (AvgIpc) is 2.77. The van der Waals surface area contributed by atoms with Crippen molar-refractivity contribution >= 4 is 5.95 Å². The Kier molecular flexibility index (Phi) is 1.71. The summed E-state index contributed by atoms with van der Waals surface area (Å²) in [5.41, 5.74) is 1.67. The molecule has 3 nitrogen and oxygen atoms in total. The minimum atomic E-state index is 0.384. The number of hydrogen-bond donors (Lipinski definition) is 1. The summed E-state index contributed by atoms with van der Waals surface area (Å²) in [4.78, 5) is 4.74. The van der Waals surface area contributed by atoms with Crippen molar-refractivity contribution < 1.29 is 0 Å². The third kappa shape index (κ3) is 1.36. The van der Waals surface area contributed by atoms with Gasteiger partial charge in [-0.25, -0.2) is 4.98 Å². The molecule has 1 aromatic rings. The van der Waals surface area contributed by atoms with Crippen molar-refractivity contribution in [3.63, 3.8) is 0 Å². The Morgan fingerprint density at radius 3 is 2.87 bits per heavy atom. The van der Waals surface area contributed by atoms with Crippen LogP contribution >= 0.6 is 0 Å². The third-order valence-electron chi connectivity index (χ3n) is 3.90. The van der Waals surface area contributed by atoms with Crippen LogP contribution in [0.2, 0.25) is 0 Å². The van der Waals surface area contributed by atoms with E-state index in [-0.39, 0.29) is 0 Å². The quantitative estimate of drug-likeness (QED) is 0.764. The number of rotatable bonds is 1. The Morgan fingerprint density at radius 2 is 2.20 bits per heavy atom. The van der Waals surface area contributed by atoms with Gasteiger partial charge in [0.05, 0.1) is 5.69 Å². The monoisotopic (exact) mass is 205 g/mol. The van der Waals surface area contributed by atoms with Gasteiger partial charge in [0, 0.05) is 23.7 Å². The summed E-state index contributed by atoms with van der Waals surface area (Å²) in [6, 6.07) is 1.13. The first kappa shape index (κ1) is 9.25. The highest BCUT2D eigenvalue weighted by molar-refractivity contribution is 5.37. The summed E-state index contributed by atoms with van der Waals surface area (Å²) in [5, 5.41) is 3.46. The number of fused-ring (bicyclic) bond motifs is 1. The summed E-state index contributed by atoms with van der Waals surface area (Å²) in [6.45, 7) is 6.82. The largest absolute Gasteiger partial charge is 0.353 e. The Labute approximate surface area is 90.9 Å². The fraction of sp³-hybridized carbons (Fsp3) is 0.750. The molecule has 0 amide bonds. The van der Waals surface area contributed by atoms with Gasteiger partial charge in [0.1, 0.15) is 0 Å². The fourth-order valence-electron chi connectivity index (χ4n) is 2.48. The summed E-state index contributed by atoms with van der Waals surface area (Å²) < 4.78 is 2.30. The zero-order valence-electron chi connectivity index (χ0n) is 9.75. The molecule has 2 aliphatic rings. The van der Waals surface area contributed by atoms with Crippen molar-refractivity contribution in [2.45, 2.75) is 57.5 Å². The van der Waals surface area contributed by atoms with Crippen LogP contribution in [0.5, 0.6) is 0 Å².